The lowest BCUT2D eigenvalue weighted by molar-refractivity contribution is 0.0691. The van der Waals surface area contributed by atoms with Crippen LogP contribution >= 0.6 is 0 Å². The summed E-state index contributed by atoms with van der Waals surface area (Å²) in [6.45, 7) is 4.70. The molecule has 1 heterocycles. The van der Waals surface area contributed by atoms with Crippen LogP contribution < -0.4 is 10.3 Å². The zero-order chi connectivity index (χ0) is 23.4. The van der Waals surface area contributed by atoms with Crippen LogP contribution in [0.3, 0.4) is 0 Å². The van der Waals surface area contributed by atoms with Crippen molar-refractivity contribution in [3.8, 4) is 5.75 Å². The Labute approximate surface area is 193 Å². The molecule has 168 valence electrons. The first-order valence-corrected chi connectivity index (χ1v) is 11.0. The Morgan fingerprint density at radius 2 is 1.67 bits per heavy atom. The summed E-state index contributed by atoms with van der Waals surface area (Å²) in [7, 11) is 1.59. The molecule has 0 saturated heterocycles. The van der Waals surface area contributed by atoms with Crippen molar-refractivity contribution in [2.24, 2.45) is 0 Å². The van der Waals surface area contributed by atoms with Crippen molar-refractivity contribution in [2.45, 2.75) is 26.4 Å². The van der Waals surface area contributed by atoms with Crippen molar-refractivity contribution in [3.05, 3.63) is 106 Å². The van der Waals surface area contributed by atoms with Crippen molar-refractivity contribution < 1.29 is 9.53 Å². The molecule has 1 aromatic heterocycles. The Morgan fingerprint density at radius 1 is 1.00 bits per heavy atom. The van der Waals surface area contributed by atoms with Crippen LogP contribution in [0.15, 0.2) is 83.7 Å². The van der Waals surface area contributed by atoms with Gasteiger partial charge in [-0.15, -0.1) is 0 Å². The zero-order valence-electron chi connectivity index (χ0n) is 19.1. The van der Waals surface area contributed by atoms with Gasteiger partial charge >= 0.3 is 0 Å². The van der Waals surface area contributed by atoms with Gasteiger partial charge < -0.3 is 9.64 Å². The highest BCUT2D eigenvalue weighted by Crippen LogP contribution is 2.23. The Morgan fingerprint density at radius 3 is 2.33 bits per heavy atom. The van der Waals surface area contributed by atoms with Crippen LogP contribution in [0.4, 0.5) is 0 Å². The smallest absolute Gasteiger partial charge is 0.261 e. The van der Waals surface area contributed by atoms with E-state index in [2.05, 4.69) is 0 Å². The van der Waals surface area contributed by atoms with Gasteiger partial charge in [-0.3, -0.25) is 14.2 Å². The number of ether oxygens (including phenoxy) is 1. The Balaban J connectivity index is 1.79. The molecule has 6 nitrogen and oxygen atoms in total. The van der Waals surface area contributed by atoms with Gasteiger partial charge in [-0.1, -0.05) is 42.5 Å². The molecule has 6 heteroatoms. The molecule has 1 unspecified atom stereocenters. The second-order valence-electron chi connectivity index (χ2n) is 7.86. The molecule has 0 bridgehead atoms. The van der Waals surface area contributed by atoms with E-state index >= 15 is 0 Å². The Bertz CT molecular complexity index is 1310. The number of benzene rings is 3. The van der Waals surface area contributed by atoms with Crippen molar-refractivity contribution >= 4 is 16.8 Å². The van der Waals surface area contributed by atoms with Crippen molar-refractivity contribution in [1.29, 1.82) is 0 Å². The molecule has 0 spiro atoms. The van der Waals surface area contributed by atoms with E-state index in [4.69, 9.17) is 9.72 Å². The molecule has 1 amide bonds. The molecular formula is C27H27N3O3. The summed E-state index contributed by atoms with van der Waals surface area (Å²) in [6.07, 6.45) is 0. The van der Waals surface area contributed by atoms with Gasteiger partial charge in [-0.25, -0.2) is 4.98 Å². The summed E-state index contributed by atoms with van der Waals surface area (Å²) in [5, 5.41) is 0.564. The minimum Gasteiger partial charge on any atom is -0.497 e. The summed E-state index contributed by atoms with van der Waals surface area (Å²) in [5.74, 6) is 1.13. The molecule has 0 saturated carbocycles. The normalized spacial score (nSPS) is 11.8. The predicted octanol–water partition coefficient (Wildman–Crippen LogP) is 4.68. The van der Waals surface area contributed by atoms with Gasteiger partial charge in [0.15, 0.2) is 0 Å². The maximum absolute atomic E-state index is 13.5. The minimum atomic E-state index is -0.411. The number of para-hydroxylation sites is 1. The second kappa shape index (κ2) is 9.69. The van der Waals surface area contributed by atoms with Gasteiger partial charge in [0.1, 0.15) is 11.6 Å². The molecule has 4 aromatic rings. The molecule has 0 aliphatic heterocycles. The first-order chi connectivity index (χ1) is 16.0. The SMILES string of the molecule is CCN(C(=O)c1ccc(OC)cc1)C(C)c1nc2ccccc2c(=O)n1Cc1ccccc1. The van der Waals surface area contributed by atoms with E-state index in [-0.39, 0.29) is 11.5 Å². The molecule has 33 heavy (non-hydrogen) atoms. The lowest BCUT2D eigenvalue weighted by Crippen LogP contribution is -2.37. The predicted molar refractivity (Wildman–Crippen MR) is 130 cm³/mol. The maximum atomic E-state index is 13.5. The monoisotopic (exact) mass is 441 g/mol. The summed E-state index contributed by atoms with van der Waals surface area (Å²) < 4.78 is 6.89. The lowest BCUT2D eigenvalue weighted by Gasteiger charge is -2.29. The van der Waals surface area contributed by atoms with Crippen LogP contribution in [0.2, 0.25) is 0 Å². The first-order valence-electron chi connectivity index (χ1n) is 11.0. The number of hydrogen-bond acceptors (Lipinski definition) is 4. The van der Waals surface area contributed by atoms with Gasteiger partial charge in [0.25, 0.3) is 11.5 Å². The van der Waals surface area contributed by atoms with Crippen LogP contribution in [0, 0.1) is 0 Å². The molecular weight excluding hydrogens is 414 g/mol. The van der Waals surface area contributed by atoms with Gasteiger partial charge in [-0.05, 0) is 55.8 Å². The number of fused-ring (bicyclic) bond motifs is 1. The van der Waals surface area contributed by atoms with Crippen LogP contribution in [0.25, 0.3) is 10.9 Å². The standard InChI is InChI=1S/C27H27N3O3/c1-4-29(26(31)21-14-16-22(33-3)17-15-21)19(2)25-28-24-13-9-8-12-23(24)27(32)30(25)18-20-10-6-5-7-11-20/h5-17,19H,4,18H2,1-3H3. The fourth-order valence-corrected chi connectivity index (χ4v) is 4.06. The topological polar surface area (TPSA) is 64.4 Å². The van der Waals surface area contributed by atoms with E-state index in [0.29, 0.717) is 41.1 Å². The van der Waals surface area contributed by atoms with Crippen molar-refractivity contribution in [1.82, 2.24) is 14.5 Å². The summed E-state index contributed by atoms with van der Waals surface area (Å²) in [5.41, 5.74) is 2.07. The van der Waals surface area contributed by atoms with Crippen LogP contribution in [0.1, 0.15) is 41.6 Å². The third-order valence-electron chi connectivity index (χ3n) is 5.85. The van der Waals surface area contributed by atoms with E-state index < -0.39 is 6.04 Å². The van der Waals surface area contributed by atoms with Gasteiger partial charge in [0.2, 0.25) is 0 Å². The van der Waals surface area contributed by atoms with Crippen LogP contribution in [-0.2, 0) is 6.54 Å². The van der Waals surface area contributed by atoms with E-state index in [1.54, 1.807) is 46.9 Å². The molecule has 4 rings (SSSR count). The Hall–Kier alpha value is -3.93. The van der Waals surface area contributed by atoms with Crippen molar-refractivity contribution in [2.75, 3.05) is 13.7 Å². The second-order valence-corrected chi connectivity index (χ2v) is 7.86. The van der Waals surface area contributed by atoms with E-state index in [1.807, 2.05) is 62.4 Å². The third-order valence-corrected chi connectivity index (χ3v) is 5.85. The van der Waals surface area contributed by atoms with Crippen LogP contribution in [0.5, 0.6) is 5.75 Å². The molecule has 0 fully saturated rings. The number of methoxy groups -OCH3 is 1. The van der Waals surface area contributed by atoms with E-state index in [0.717, 1.165) is 5.56 Å². The summed E-state index contributed by atoms with van der Waals surface area (Å²) in [4.78, 5) is 33.5. The highest BCUT2D eigenvalue weighted by atomic mass is 16.5. The minimum absolute atomic E-state index is 0.112. The highest BCUT2D eigenvalue weighted by Gasteiger charge is 2.26. The van der Waals surface area contributed by atoms with Gasteiger partial charge in [0, 0.05) is 12.1 Å². The lowest BCUT2D eigenvalue weighted by atomic mass is 10.1. The molecule has 0 N–H and O–H groups in total. The molecule has 0 aliphatic carbocycles. The zero-order valence-corrected chi connectivity index (χ0v) is 19.1. The number of rotatable bonds is 7. The van der Waals surface area contributed by atoms with E-state index in [9.17, 15) is 9.59 Å². The fraction of sp³-hybridized carbons (Fsp3) is 0.222. The largest absolute Gasteiger partial charge is 0.497 e. The van der Waals surface area contributed by atoms with Crippen molar-refractivity contribution in [3.63, 3.8) is 0 Å². The maximum Gasteiger partial charge on any atom is 0.261 e. The number of hydrogen-bond donors (Lipinski definition) is 0. The number of amides is 1. The average Bonchev–Trinajstić information content (AvgIpc) is 2.86. The summed E-state index contributed by atoms with van der Waals surface area (Å²) >= 11 is 0. The average molecular weight is 442 g/mol. The first kappa shape index (κ1) is 22.3. The fourth-order valence-electron chi connectivity index (χ4n) is 4.06. The molecule has 3 aromatic carbocycles. The molecule has 1 atom stereocenters. The van der Waals surface area contributed by atoms with Gasteiger partial charge in [0.05, 0.1) is 30.6 Å². The molecule has 0 aliphatic rings. The van der Waals surface area contributed by atoms with Gasteiger partial charge in [-0.2, -0.15) is 0 Å². The number of nitrogens with zero attached hydrogens (tertiary/aromatic N) is 3. The van der Waals surface area contributed by atoms with E-state index in [1.165, 1.54) is 0 Å². The Kier molecular flexibility index (Phi) is 6.54. The quantitative estimate of drug-likeness (QED) is 0.418. The highest BCUT2D eigenvalue weighted by molar-refractivity contribution is 5.94. The number of carbonyl (C=O) groups excluding carboxylic acids is 1. The number of carbonyl (C=O) groups is 1. The number of aromatic nitrogens is 2. The molecule has 0 radical (unpaired) electrons. The van der Waals surface area contributed by atoms with Crippen LogP contribution in [-0.4, -0.2) is 34.0 Å². The third kappa shape index (κ3) is 4.51. The summed E-state index contributed by atoms with van der Waals surface area (Å²) in [6, 6.07) is 23.8.